The Bertz CT molecular complexity index is 2630. The van der Waals surface area contributed by atoms with Gasteiger partial charge in [0.05, 0.1) is 23.3 Å². The second-order valence-electron chi connectivity index (χ2n) is 11.9. The normalized spacial score (nSPS) is 11.3. The van der Waals surface area contributed by atoms with Gasteiger partial charge in [-0.25, -0.2) is 0 Å². The molecule has 2 heterocycles. The van der Waals surface area contributed by atoms with Crippen molar-refractivity contribution in [2.24, 2.45) is 0 Å². The predicted octanol–water partition coefficient (Wildman–Crippen LogP) is 11.9. The van der Waals surface area contributed by atoms with E-state index in [9.17, 15) is 10.5 Å². The van der Waals surface area contributed by atoms with Crippen molar-refractivity contribution in [1.82, 2.24) is 0 Å². The van der Waals surface area contributed by atoms with Gasteiger partial charge in [0.2, 0.25) is 0 Å². The highest BCUT2D eigenvalue weighted by Gasteiger charge is 2.26. The van der Waals surface area contributed by atoms with Crippen LogP contribution in [0.5, 0.6) is 0 Å². The maximum absolute atomic E-state index is 9.56. The number of furan rings is 2. The van der Waals surface area contributed by atoms with Gasteiger partial charge >= 0.3 is 0 Å². The topological polar surface area (TPSA) is 73.9 Å². The van der Waals surface area contributed by atoms with E-state index in [-0.39, 0.29) is 0 Å². The summed E-state index contributed by atoms with van der Waals surface area (Å²) >= 11 is 0. The van der Waals surface area contributed by atoms with E-state index < -0.39 is 0 Å². The molecular formula is C44H24N2O2. The molecule has 4 nitrogen and oxygen atoms in total. The van der Waals surface area contributed by atoms with Crippen LogP contribution in [-0.4, -0.2) is 0 Å². The van der Waals surface area contributed by atoms with E-state index in [4.69, 9.17) is 8.83 Å². The molecule has 9 aromatic rings. The largest absolute Gasteiger partial charge is 0.455 e. The van der Waals surface area contributed by atoms with Gasteiger partial charge in [0.25, 0.3) is 0 Å². The molecule has 0 aliphatic heterocycles. The number of para-hydroxylation sites is 2. The molecule has 9 rings (SSSR count). The third kappa shape index (κ3) is 4.29. The third-order valence-electron chi connectivity index (χ3n) is 9.10. The van der Waals surface area contributed by atoms with Crippen LogP contribution in [0.1, 0.15) is 11.1 Å². The molecule has 0 aliphatic rings. The Hall–Kier alpha value is -6.88. The van der Waals surface area contributed by atoms with Gasteiger partial charge in [0.15, 0.2) is 0 Å². The lowest BCUT2D eigenvalue weighted by atomic mass is 9.88. The summed E-state index contributed by atoms with van der Waals surface area (Å²) in [6, 6.07) is 53.0. The number of benzene rings is 7. The van der Waals surface area contributed by atoms with Crippen molar-refractivity contribution < 1.29 is 8.83 Å². The molecule has 0 saturated carbocycles. The lowest BCUT2D eigenvalue weighted by Gasteiger charge is -2.13. The molecule has 0 saturated heterocycles. The van der Waals surface area contributed by atoms with Crippen molar-refractivity contribution in [2.75, 3.05) is 0 Å². The van der Waals surface area contributed by atoms with Gasteiger partial charge in [-0.1, -0.05) is 97.1 Å². The summed E-state index contributed by atoms with van der Waals surface area (Å²) in [7, 11) is 0. The highest BCUT2D eigenvalue weighted by atomic mass is 16.3. The van der Waals surface area contributed by atoms with Crippen LogP contribution in [0.3, 0.4) is 0 Å². The highest BCUT2D eigenvalue weighted by molar-refractivity contribution is 6.30. The molecule has 0 radical (unpaired) electrons. The highest BCUT2D eigenvalue weighted by Crippen LogP contribution is 2.51. The molecule has 48 heavy (non-hydrogen) atoms. The average molecular weight is 613 g/mol. The minimum absolute atomic E-state index is 0.617. The molecule has 0 aliphatic carbocycles. The monoisotopic (exact) mass is 612 g/mol. The van der Waals surface area contributed by atoms with Crippen LogP contribution in [-0.2, 0) is 0 Å². The average Bonchev–Trinajstić information content (AvgIpc) is 3.73. The van der Waals surface area contributed by atoms with Gasteiger partial charge in [-0.15, -0.1) is 0 Å². The van der Waals surface area contributed by atoms with E-state index in [0.29, 0.717) is 11.1 Å². The van der Waals surface area contributed by atoms with Gasteiger partial charge in [0, 0.05) is 32.7 Å². The van der Waals surface area contributed by atoms with Gasteiger partial charge in [-0.05, 0) is 81.9 Å². The zero-order valence-corrected chi connectivity index (χ0v) is 25.6. The summed E-state index contributed by atoms with van der Waals surface area (Å²) in [6.07, 6.45) is 0. The molecule has 0 unspecified atom stereocenters. The Balaban J connectivity index is 1.40. The molecule has 0 N–H and O–H groups in total. The minimum Gasteiger partial charge on any atom is -0.455 e. The minimum atomic E-state index is 0.617. The Morgan fingerprint density at radius 3 is 1.19 bits per heavy atom. The molecular weight excluding hydrogens is 588 g/mol. The standard InChI is InChI=1S/C44H24N2O2/c45-25-27-9-5-11-29(21-27)31-13-7-15-33(23-31)39-41-35-17-1-3-19-37(35)47-43(41)40(42-36-18-2-4-20-38(36)48-44(39)42)34-16-8-14-32(24-34)30-12-6-10-28(22-30)26-46/h1-24H. The fourth-order valence-electron chi connectivity index (χ4n) is 6.96. The van der Waals surface area contributed by atoms with E-state index >= 15 is 0 Å². The maximum atomic E-state index is 9.56. The van der Waals surface area contributed by atoms with E-state index in [1.807, 2.05) is 84.9 Å². The summed E-state index contributed by atoms with van der Waals surface area (Å²) in [5.41, 5.74) is 12.2. The third-order valence-corrected chi connectivity index (χ3v) is 9.10. The predicted molar refractivity (Wildman–Crippen MR) is 192 cm³/mol. The second-order valence-corrected chi connectivity index (χ2v) is 11.9. The first kappa shape index (κ1) is 27.4. The molecule has 0 amide bonds. The molecule has 2 aromatic heterocycles. The first-order valence-corrected chi connectivity index (χ1v) is 15.7. The Morgan fingerprint density at radius 1 is 0.375 bits per heavy atom. The van der Waals surface area contributed by atoms with Gasteiger partial charge < -0.3 is 8.83 Å². The number of hydrogen-bond donors (Lipinski definition) is 0. The van der Waals surface area contributed by atoms with Crippen LogP contribution in [0, 0.1) is 22.7 Å². The molecule has 0 fully saturated rings. The number of hydrogen-bond acceptors (Lipinski definition) is 4. The van der Waals surface area contributed by atoms with E-state index in [2.05, 4.69) is 72.8 Å². The molecule has 7 aromatic carbocycles. The first-order chi connectivity index (χ1) is 23.7. The number of nitriles is 2. The molecule has 222 valence electrons. The quantitative estimate of drug-likeness (QED) is 0.198. The zero-order chi connectivity index (χ0) is 32.2. The molecule has 4 heteroatoms. The summed E-state index contributed by atoms with van der Waals surface area (Å²) in [4.78, 5) is 0. The summed E-state index contributed by atoms with van der Waals surface area (Å²) in [6.45, 7) is 0. The summed E-state index contributed by atoms with van der Waals surface area (Å²) in [5, 5.41) is 23.1. The number of nitrogens with zero attached hydrogens (tertiary/aromatic N) is 2. The van der Waals surface area contributed by atoms with E-state index in [1.54, 1.807) is 0 Å². The van der Waals surface area contributed by atoms with E-state index in [1.165, 1.54) is 0 Å². The SMILES string of the molecule is N#Cc1cccc(-c2cccc(-c3c4oc5ccccc5c4c(-c4cccc(-c5cccc(C#N)c5)c4)c4oc5ccccc5c34)c2)c1. The van der Waals surface area contributed by atoms with Crippen molar-refractivity contribution in [2.45, 2.75) is 0 Å². The van der Waals surface area contributed by atoms with Gasteiger partial charge in [0.1, 0.15) is 22.3 Å². The van der Waals surface area contributed by atoms with Crippen molar-refractivity contribution in [1.29, 1.82) is 10.5 Å². The fraction of sp³-hybridized carbons (Fsp3) is 0. The summed E-state index contributed by atoms with van der Waals surface area (Å²) < 4.78 is 13.7. The second kappa shape index (κ2) is 10.9. The van der Waals surface area contributed by atoms with Crippen LogP contribution in [0.4, 0.5) is 0 Å². The van der Waals surface area contributed by atoms with Gasteiger partial charge in [-0.3, -0.25) is 0 Å². The maximum Gasteiger partial charge on any atom is 0.144 e. The lowest BCUT2D eigenvalue weighted by molar-refractivity contribution is 0.665. The Kier molecular flexibility index (Phi) is 6.22. The lowest BCUT2D eigenvalue weighted by Crippen LogP contribution is -1.89. The fourth-order valence-corrected chi connectivity index (χ4v) is 6.96. The smallest absolute Gasteiger partial charge is 0.144 e. The molecule has 0 atom stereocenters. The van der Waals surface area contributed by atoms with Crippen molar-refractivity contribution in [3.05, 3.63) is 157 Å². The van der Waals surface area contributed by atoms with Crippen LogP contribution >= 0.6 is 0 Å². The molecule has 0 spiro atoms. The zero-order valence-electron chi connectivity index (χ0n) is 25.6. The van der Waals surface area contributed by atoms with Crippen molar-refractivity contribution >= 4 is 43.9 Å². The van der Waals surface area contributed by atoms with Crippen LogP contribution in [0.25, 0.3) is 88.4 Å². The Labute approximate surface area is 275 Å². The number of rotatable bonds is 4. The van der Waals surface area contributed by atoms with E-state index in [0.717, 1.165) is 88.4 Å². The van der Waals surface area contributed by atoms with Crippen molar-refractivity contribution in [3.8, 4) is 56.6 Å². The van der Waals surface area contributed by atoms with Crippen LogP contribution < -0.4 is 0 Å². The van der Waals surface area contributed by atoms with Crippen molar-refractivity contribution in [3.63, 3.8) is 0 Å². The van der Waals surface area contributed by atoms with Gasteiger partial charge in [-0.2, -0.15) is 10.5 Å². The molecule has 0 bridgehead atoms. The number of fused-ring (bicyclic) bond motifs is 6. The Morgan fingerprint density at radius 2 is 0.750 bits per heavy atom. The first-order valence-electron chi connectivity index (χ1n) is 15.7. The summed E-state index contributed by atoms with van der Waals surface area (Å²) in [5.74, 6) is 0. The van der Waals surface area contributed by atoms with Crippen LogP contribution in [0.2, 0.25) is 0 Å². The van der Waals surface area contributed by atoms with Crippen LogP contribution in [0.15, 0.2) is 154 Å².